The van der Waals surface area contributed by atoms with E-state index in [0.717, 1.165) is 5.56 Å². The van der Waals surface area contributed by atoms with Crippen LogP contribution in [0.2, 0.25) is 0 Å². The Bertz CT molecular complexity index is 934. The summed E-state index contributed by atoms with van der Waals surface area (Å²) in [6.45, 7) is 2.07. The molecule has 1 aromatic carbocycles. The van der Waals surface area contributed by atoms with Crippen LogP contribution in [0.5, 0.6) is 5.75 Å². The lowest BCUT2D eigenvalue weighted by molar-refractivity contribution is -0.192. The second-order valence-corrected chi connectivity index (χ2v) is 5.64. The number of fused-ring (bicyclic) bond motifs is 1. The quantitative estimate of drug-likeness (QED) is 0.699. The number of hydrogen-bond acceptors (Lipinski definition) is 6. The second-order valence-electron chi connectivity index (χ2n) is 5.64. The molecule has 3 rings (SSSR count). The molecule has 12 heteroatoms. The van der Waals surface area contributed by atoms with E-state index >= 15 is 0 Å². The van der Waals surface area contributed by atoms with Crippen LogP contribution in [0.1, 0.15) is 21.9 Å². The van der Waals surface area contributed by atoms with Crippen LogP contribution in [0.25, 0.3) is 0 Å². The van der Waals surface area contributed by atoms with Gasteiger partial charge in [-0.2, -0.15) is 13.2 Å². The van der Waals surface area contributed by atoms with Crippen LogP contribution in [0.15, 0.2) is 30.5 Å². The predicted octanol–water partition coefficient (Wildman–Crippen LogP) is 1.68. The summed E-state index contributed by atoms with van der Waals surface area (Å²) in [5.74, 6) is -2.05. The van der Waals surface area contributed by atoms with Crippen molar-refractivity contribution in [2.45, 2.75) is 19.6 Å². The van der Waals surface area contributed by atoms with Gasteiger partial charge in [-0.25, -0.2) is 14.8 Å². The van der Waals surface area contributed by atoms with Gasteiger partial charge in [0.15, 0.2) is 6.61 Å². The maximum atomic E-state index is 12.0. The first-order chi connectivity index (χ1) is 13.6. The Morgan fingerprint density at radius 1 is 1.31 bits per heavy atom. The predicted molar refractivity (Wildman–Crippen MR) is 92.2 cm³/mol. The summed E-state index contributed by atoms with van der Waals surface area (Å²) >= 11 is 0. The van der Waals surface area contributed by atoms with Gasteiger partial charge in [-0.3, -0.25) is 9.59 Å². The average molecular weight is 412 g/mol. The van der Waals surface area contributed by atoms with Gasteiger partial charge < -0.3 is 20.5 Å². The van der Waals surface area contributed by atoms with Gasteiger partial charge in [0.25, 0.3) is 11.8 Å². The van der Waals surface area contributed by atoms with Crippen LogP contribution >= 0.6 is 0 Å². The maximum absolute atomic E-state index is 12.0. The molecule has 2 aromatic rings. The first-order valence-electron chi connectivity index (χ1n) is 8.00. The van der Waals surface area contributed by atoms with Crippen molar-refractivity contribution in [1.29, 1.82) is 0 Å². The van der Waals surface area contributed by atoms with Crippen LogP contribution in [0, 0.1) is 6.92 Å². The van der Waals surface area contributed by atoms with Crippen LogP contribution < -0.4 is 15.4 Å². The van der Waals surface area contributed by atoms with E-state index in [0.29, 0.717) is 29.5 Å². The zero-order valence-corrected chi connectivity index (χ0v) is 14.9. The maximum Gasteiger partial charge on any atom is 0.490 e. The van der Waals surface area contributed by atoms with E-state index in [1.54, 1.807) is 31.3 Å². The number of nitrogens with one attached hydrogen (secondary N) is 2. The molecular weight excluding hydrogens is 397 g/mol. The number of halogens is 3. The Balaban J connectivity index is 0.000000370. The monoisotopic (exact) mass is 412 g/mol. The van der Waals surface area contributed by atoms with Crippen LogP contribution in [0.3, 0.4) is 0 Å². The molecule has 1 aromatic heterocycles. The number of nitrogens with zero attached hydrogens (tertiary/aromatic N) is 2. The number of hydrogen-bond donors (Lipinski definition) is 3. The number of alkyl halides is 3. The molecule has 9 nitrogen and oxygen atoms in total. The highest BCUT2D eigenvalue weighted by molar-refractivity contribution is 5.95. The van der Waals surface area contributed by atoms with E-state index in [2.05, 4.69) is 20.6 Å². The summed E-state index contributed by atoms with van der Waals surface area (Å²) in [5, 5.41) is 12.6. The number of aromatic nitrogens is 2. The molecule has 1 aliphatic heterocycles. The standard InChI is InChI=1S/C15H14N4O3.C2HF3O2/c1-9-16-5-4-11(18-9)15(21)17-7-10-2-3-13-12(6-10)19-14(20)8-22-13;3-2(4,5)1(6)7/h2-6H,7-8H2,1H3,(H,17,21)(H,19,20);(H,6,7). The summed E-state index contributed by atoms with van der Waals surface area (Å²) in [6.07, 6.45) is -3.54. The molecule has 2 amide bonds. The highest BCUT2D eigenvalue weighted by Gasteiger charge is 2.38. The molecule has 2 heterocycles. The molecule has 3 N–H and O–H groups in total. The number of benzene rings is 1. The Labute approximate surface area is 161 Å². The highest BCUT2D eigenvalue weighted by atomic mass is 19.4. The molecule has 0 spiro atoms. The number of carbonyl (C=O) groups is 3. The second kappa shape index (κ2) is 8.99. The summed E-state index contributed by atoms with van der Waals surface area (Å²) in [5.41, 5.74) is 1.78. The number of aliphatic carboxylic acids is 1. The van der Waals surface area contributed by atoms with Crippen molar-refractivity contribution < 1.29 is 37.4 Å². The van der Waals surface area contributed by atoms with Gasteiger partial charge in [0, 0.05) is 12.7 Å². The van der Waals surface area contributed by atoms with E-state index in [1.807, 2.05) is 6.07 Å². The normalized spacial score (nSPS) is 12.5. The number of amides is 2. The molecule has 0 atom stereocenters. The number of aryl methyl sites for hydroxylation is 1. The molecule has 0 bridgehead atoms. The number of anilines is 1. The van der Waals surface area contributed by atoms with Gasteiger partial charge in [-0.1, -0.05) is 6.07 Å². The Morgan fingerprint density at radius 3 is 2.62 bits per heavy atom. The van der Waals surface area contributed by atoms with E-state index in [9.17, 15) is 22.8 Å². The minimum Gasteiger partial charge on any atom is -0.482 e. The third kappa shape index (κ3) is 6.45. The van der Waals surface area contributed by atoms with Gasteiger partial charge >= 0.3 is 12.1 Å². The van der Waals surface area contributed by atoms with Crippen molar-refractivity contribution in [3.63, 3.8) is 0 Å². The van der Waals surface area contributed by atoms with Crippen molar-refractivity contribution in [2.75, 3.05) is 11.9 Å². The van der Waals surface area contributed by atoms with Crippen LogP contribution in [-0.4, -0.2) is 45.6 Å². The first-order valence-corrected chi connectivity index (χ1v) is 8.00. The first kappa shape index (κ1) is 21.6. The number of rotatable bonds is 3. The molecule has 0 saturated heterocycles. The van der Waals surface area contributed by atoms with Gasteiger partial charge in [-0.15, -0.1) is 0 Å². The van der Waals surface area contributed by atoms with Gasteiger partial charge in [0.1, 0.15) is 17.3 Å². The van der Waals surface area contributed by atoms with Crippen molar-refractivity contribution in [3.05, 3.63) is 47.5 Å². The Hall–Kier alpha value is -3.70. The van der Waals surface area contributed by atoms with E-state index in [-0.39, 0.29) is 18.4 Å². The molecule has 0 radical (unpaired) electrons. The van der Waals surface area contributed by atoms with Crippen molar-refractivity contribution in [2.24, 2.45) is 0 Å². The molecule has 0 saturated carbocycles. The molecule has 0 aliphatic carbocycles. The summed E-state index contributed by atoms with van der Waals surface area (Å²) < 4.78 is 37.0. The smallest absolute Gasteiger partial charge is 0.482 e. The van der Waals surface area contributed by atoms with Crippen molar-refractivity contribution in [1.82, 2.24) is 15.3 Å². The Kier molecular flexibility index (Phi) is 6.70. The SMILES string of the molecule is Cc1nccc(C(=O)NCc2ccc3c(c2)NC(=O)CO3)n1.O=C(O)C(F)(F)F. The molecule has 154 valence electrons. The molecule has 0 fully saturated rings. The summed E-state index contributed by atoms with van der Waals surface area (Å²) in [6, 6.07) is 6.94. The number of carboxylic acids is 1. The minimum absolute atomic E-state index is 0.0240. The largest absolute Gasteiger partial charge is 0.490 e. The van der Waals surface area contributed by atoms with Gasteiger partial charge in [-0.05, 0) is 30.7 Å². The zero-order valence-electron chi connectivity index (χ0n) is 14.9. The Morgan fingerprint density at radius 2 is 2.00 bits per heavy atom. The van der Waals surface area contributed by atoms with Crippen molar-refractivity contribution in [3.8, 4) is 5.75 Å². The highest BCUT2D eigenvalue weighted by Crippen LogP contribution is 2.28. The topological polar surface area (TPSA) is 131 Å². The van der Waals surface area contributed by atoms with Gasteiger partial charge in [0.05, 0.1) is 5.69 Å². The van der Waals surface area contributed by atoms with Crippen molar-refractivity contribution >= 4 is 23.5 Å². The fraction of sp³-hybridized carbons (Fsp3) is 0.235. The lowest BCUT2D eigenvalue weighted by Crippen LogP contribution is -2.26. The number of ether oxygens (including phenoxy) is 1. The number of carbonyl (C=O) groups excluding carboxylic acids is 2. The van der Waals surface area contributed by atoms with E-state index < -0.39 is 12.1 Å². The van der Waals surface area contributed by atoms with E-state index in [1.165, 1.54) is 0 Å². The lowest BCUT2D eigenvalue weighted by Gasteiger charge is -2.18. The van der Waals surface area contributed by atoms with Crippen LogP contribution in [0.4, 0.5) is 18.9 Å². The minimum atomic E-state index is -5.08. The average Bonchev–Trinajstić information content (AvgIpc) is 2.65. The fourth-order valence-electron chi connectivity index (χ4n) is 2.10. The zero-order chi connectivity index (χ0) is 21.6. The molecule has 1 aliphatic rings. The fourth-order valence-corrected chi connectivity index (χ4v) is 2.10. The molecular formula is C17H15F3N4O5. The third-order valence-electron chi connectivity index (χ3n) is 3.38. The van der Waals surface area contributed by atoms with E-state index in [4.69, 9.17) is 14.6 Å². The number of carboxylic acid groups (broad SMARTS) is 1. The molecule has 29 heavy (non-hydrogen) atoms. The summed E-state index contributed by atoms with van der Waals surface area (Å²) in [4.78, 5) is 40.2. The molecule has 0 unspecified atom stereocenters. The van der Waals surface area contributed by atoms with Crippen LogP contribution in [-0.2, 0) is 16.1 Å². The van der Waals surface area contributed by atoms with Gasteiger partial charge in [0.2, 0.25) is 0 Å². The summed E-state index contributed by atoms with van der Waals surface area (Å²) in [7, 11) is 0. The lowest BCUT2D eigenvalue weighted by atomic mass is 10.1. The third-order valence-corrected chi connectivity index (χ3v) is 3.38.